The molecule has 1 unspecified atom stereocenters. The van der Waals surface area contributed by atoms with E-state index in [0.29, 0.717) is 50.9 Å². The van der Waals surface area contributed by atoms with E-state index in [2.05, 4.69) is 10.6 Å². The van der Waals surface area contributed by atoms with Gasteiger partial charge in [0.05, 0.1) is 12.9 Å². The molecule has 3 amide bonds. The molecule has 9 nitrogen and oxygen atoms in total. The highest BCUT2D eigenvalue weighted by Crippen LogP contribution is 2.43. The lowest BCUT2D eigenvalue weighted by atomic mass is 10.0. The fraction of sp³-hybridized carbons (Fsp3) is 0.531. The van der Waals surface area contributed by atoms with E-state index in [4.69, 9.17) is 4.74 Å². The Morgan fingerprint density at radius 2 is 1.55 bits per heavy atom. The molecular formula is C32H48N3O6P. The third-order valence-electron chi connectivity index (χ3n) is 6.56. The van der Waals surface area contributed by atoms with Gasteiger partial charge in [0.1, 0.15) is 6.04 Å². The Balaban J connectivity index is 2.10. The number of ether oxygens (including phenoxy) is 1. The van der Waals surface area contributed by atoms with Crippen molar-refractivity contribution in [1.29, 1.82) is 0 Å². The van der Waals surface area contributed by atoms with E-state index < -0.39 is 25.8 Å². The van der Waals surface area contributed by atoms with E-state index in [0.717, 1.165) is 5.56 Å². The van der Waals surface area contributed by atoms with E-state index in [-0.39, 0.29) is 36.2 Å². The molecule has 0 heterocycles. The number of carbonyl (C=O) groups is 3. The van der Waals surface area contributed by atoms with Crippen molar-refractivity contribution in [3.63, 3.8) is 0 Å². The fourth-order valence-corrected chi connectivity index (χ4v) is 6.12. The number of anilines is 1. The summed E-state index contributed by atoms with van der Waals surface area (Å²) >= 11 is 0. The maximum Gasteiger partial charge on any atom is 0.407 e. The Bertz CT molecular complexity index is 1140. The molecule has 10 heteroatoms. The van der Waals surface area contributed by atoms with Crippen LogP contribution in [-0.4, -0.2) is 59.3 Å². The Hall–Kier alpha value is -3.16. The van der Waals surface area contributed by atoms with E-state index in [1.807, 2.05) is 64.1 Å². The van der Waals surface area contributed by atoms with Gasteiger partial charge in [-0.1, -0.05) is 76.2 Å². The topological polar surface area (TPSA) is 125 Å². The molecule has 0 aromatic heterocycles. The summed E-state index contributed by atoms with van der Waals surface area (Å²) in [4.78, 5) is 51.1. The molecule has 0 spiro atoms. The van der Waals surface area contributed by atoms with Gasteiger partial charge in [-0.15, -0.1) is 0 Å². The highest BCUT2D eigenvalue weighted by molar-refractivity contribution is 7.57. The molecule has 0 bridgehead atoms. The van der Waals surface area contributed by atoms with Crippen molar-refractivity contribution in [2.75, 3.05) is 30.9 Å². The second kappa shape index (κ2) is 18.4. The Morgan fingerprint density at radius 1 is 0.905 bits per heavy atom. The van der Waals surface area contributed by atoms with Gasteiger partial charge < -0.3 is 25.2 Å². The van der Waals surface area contributed by atoms with Crippen molar-refractivity contribution < 1.29 is 28.6 Å². The molecule has 0 aliphatic carbocycles. The second-order valence-corrected chi connectivity index (χ2v) is 14.0. The number of nitrogens with one attached hydrogen (secondary N) is 2. The fourth-order valence-electron chi connectivity index (χ4n) is 4.43. The first kappa shape index (κ1) is 35.0. The van der Waals surface area contributed by atoms with Gasteiger partial charge in [0.2, 0.25) is 19.2 Å². The molecular weight excluding hydrogens is 553 g/mol. The van der Waals surface area contributed by atoms with Crippen LogP contribution in [0.3, 0.4) is 0 Å². The lowest BCUT2D eigenvalue weighted by Gasteiger charge is -2.33. The second-order valence-electron chi connectivity index (χ2n) is 11.5. The van der Waals surface area contributed by atoms with E-state index in [1.165, 1.54) is 4.90 Å². The zero-order valence-corrected chi connectivity index (χ0v) is 26.4. The van der Waals surface area contributed by atoms with Crippen LogP contribution in [0.15, 0.2) is 60.7 Å². The lowest BCUT2D eigenvalue weighted by Crippen LogP contribution is -2.48. The maximum absolute atomic E-state index is 13.6. The van der Waals surface area contributed by atoms with Gasteiger partial charge >= 0.3 is 6.09 Å². The third-order valence-corrected chi connectivity index (χ3v) is 8.32. The number of amides is 3. The quantitative estimate of drug-likeness (QED) is 0.136. The number of hydrogen-bond donors (Lipinski definition) is 3. The van der Waals surface area contributed by atoms with Crippen molar-refractivity contribution in [1.82, 2.24) is 10.2 Å². The van der Waals surface area contributed by atoms with Crippen LogP contribution in [0.2, 0.25) is 0 Å². The largest absolute Gasteiger partial charge is 0.449 e. The minimum absolute atomic E-state index is 0.0295. The molecule has 0 fully saturated rings. The van der Waals surface area contributed by atoms with Crippen LogP contribution in [0.4, 0.5) is 10.5 Å². The average molecular weight is 602 g/mol. The summed E-state index contributed by atoms with van der Waals surface area (Å²) in [6.07, 6.45) is 1.67. The monoisotopic (exact) mass is 601 g/mol. The number of unbranched alkanes of at least 4 members (excludes halogenated alkanes) is 1. The van der Waals surface area contributed by atoms with E-state index in [1.54, 1.807) is 24.3 Å². The van der Waals surface area contributed by atoms with Gasteiger partial charge in [-0.3, -0.25) is 14.2 Å². The minimum Gasteiger partial charge on any atom is -0.449 e. The number of nitrogens with zero attached hydrogens (tertiary/aromatic N) is 1. The van der Waals surface area contributed by atoms with E-state index >= 15 is 0 Å². The smallest absolute Gasteiger partial charge is 0.407 e. The first-order valence-corrected chi connectivity index (χ1v) is 16.9. The number of rotatable bonds is 18. The number of aryl methyl sites for hydroxylation is 1. The van der Waals surface area contributed by atoms with Gasteiger partial charge in [0, 0.05) is 24.8 Å². The van der Waals surface area contributed by atoms with Crippen molar-refractivity contribution >= 4 is 31.0 Å². The van der Waals surface area contributed by atoms with E-state index in [9.17, 15) is 23.8 Å². The first-order valence-electron chi connectivity index (χ1n) is 14.9. The van der Waals surface area contributed by atoms with Crippen molar-refractivity contribution in [2.45, 2.75) is 72.3 Å². The molecule has 0 aliphatic rings. The Morgan fingerprint density at radius 3 is 2.17 bits per heavy atom. The molecule has 2 aromatic rings. The van der Waals surface area contributed by atoms with Crippen LogP contribution in [-0.2, 0) is 25.3 Å². The normalized spacial score (nSPS) is 13.3. The summed E-state index contributed by atoms with van der Waals surface area (Å²) in [5.41, 5.74) is 1.70. The van der Waals surface area contributed by atoms with Gasteiger partial charge in [-0.25, -0.2) is 4.79 Å². The summed E-state index contributed by atoms with van der Waals surface area (Å²) in [6.45, 7) is 8.44. The summed E-state index contributed by atoms with van der Waals surface area (Å²) < 4.78 is 18.5. The third kappa shape index (κ3) is 14.1. The van der Waals surface area contributed by atoms with Gasteiger partial charge in [0.15, 0.2) is 0 Å². The summed E-state index contributed by atoms with van der Waals surface area (Å²) in [5.74, 6) is -0.399. The lowest BCUT2D eigenvalue weighted by molar-refractivity contribution is -0.138. The summed E-state index contributed by atoms with van der Waals surface area (Å²) in [7, 11) is -3.82. The number of carbonyl (C=O) groups excluding carboxylic acids is 3. The predicted molar refractivity (Wildman–Crippen MR) is 168 cm³/mol. The number of alkyl carbamates (subject to hydrolysis) is 1. The molecule has 3 N–H and O–H groups in total. The van der Waals surface area contributed by atoms with Crippen molar-refractivity contribution in [3.05, 3.63) is 66.2 Å². The number of benzene rings is 2. The van der Waals surface area contributed by atoms with Crippen molar-refractivity contribution in [2.24, 2.45) is 11.8 Å². The zero-order valence-electron chi connectivity index (χ0n) is 25.5. The Labute approximate surface area is 250 Å². The molecule has 0 radical (unpaired) electrons. The molecule has 0 saturated heterocycles. The predicted octanol–water partition coefficient (Wildman–Crippen LogP) is 6.28. The standard InChI is InChI=1S/C32H48N3O6P/c1-25(2)22-29(31(37)34-28-17-9-6-10-18-28)35(30(36)19-13-16-27-14-7-5-8-15-27)24-42(39,40)21-12-11-20-33-32(38)41-23-26(3)4/h5-10,14-15,17-18,25-26,29H,11-13,16,19-24H2,1-4H3,(H,33,38)(H,34,37)(H,39,40)/t29-/m0/s1. The van der Waals surface area contributed by atoms with Gasteiger partial charge in [0.25, 0.3) is 0 Å². The number of para-hydroxylation sites is 1. The molecule has 0 aliphatic heterocycles. The highest BCUT2D eigenvalue weighted by Gasteiger charge is 2.35. The molecule has 42 heavy (non-hydrogen) atoms. The van der Waals surface area contributed by atoms with Crippen LogP contribution in [0.5, 0.6) is 0 Å². The molecule has 2 atom stereocenters. The molecule has 232 valence electrons. The minimum atomic E-state index is -3.82. The first-order chi connectivity index (χ1) is 20.0. The van der Waals surface area contributed by atoms with Crippen molar-refractivity contribution in [3.8, 4) is 0 Å². The summed E-state index contributed by atoms with van der Waals surface area (Å²) in [6, 6.07) is 17.9. The van der Waals surface area contributed by atoms with Crippen LogP contribution in [0.25, 0.3) is 0 Å². The Kier molecular flexibility index (Phi) is 15.3. The molecule has 0 saturated carbocycles. The van der Waals surface area contributed by atoms with Gasteiger partial charge in [-0.2, -0.15) is 0 Å². The SMILES string of the molecule is CC(C)COC(=O)NCCCCP(=O)(O)CN(C(=O)CCCc1ccccc1)[C@@H](CC(C)C)C(=O)Nc1ccccc1. The average Bonchev–Trinajstić information content (AvgIpc) is 2.94. The van der Waals surface area contributed by atoms with Crippen LogP contribution < -0.4 is 10.6 Å². The van der Waals surface area contributed by atoms with Gasteiger partial charge in [-0.05, 0) is 61.6 Å². The molecule has 2 rings (SSSR count). The van der Waals surface area contributed by atoms with Crippen LogP contribution in [0.1, 0.15) is 65.4 Å². The summed E-state index contributed by atoms with van der Waals surface area (Å²) in [5, 5.41) is 5.53. The van der Waals surface area contributed by atoms with Crippen LogP contribution >= 0.6 is 7.37 Å². The maximum atomic E-state index is 13.6. The van der Waals surface area contributed by atoms with Crippen LogP contribution in [0, 0.1) is 11.8 Å². The molecule has 2 aromatic carbocycles. The zero-order chi connectivity index (χ0) is 31.0. The number of hydrogen-bond acceptors (Lipinski definition) is 5. The highest BCUT2D eigenvalue weighted by atomic mass is 31.2.